The first-order valence-corrected chi connectivity index (χ1v) is 18.7. The second-order valence-corrected chi connectivity index (χ2v) is 16.2. The van der Waals surface area contributed by atoms with Crippen molar-refractivity contribution in [2.24, 2.45) is 17.8 Å². The van der Waals surface area contributed by atoms with E-state index >= 15 is 0 Å². The first-order valence-electron chi connectivity index (χ1n) is 15.9. The molecule has 0 atom stereocenters. The van der Waals surface area contributed by atoms with E-state index in [2.05, 4.69) is 12.1 Å². The molecule has 2 aromatic rings. The molecule has 0 aromatic heterocycles. The van der Waals surface area contributed by atoms with Crippen molar-refractivity contribution in [1.29, 1.82) is 0 Å². The van der Waals surface area contributed by atoms with Crippen molar-refractivity contribution in [2.75, 3.05) is 0 Å². The Balaban J connectivity index is 1.46. The molecule has 6 rings (SSSR count). The molecule has 2 aromatic carbocycles. The molecule has 4 aliphatic rings. The fourth-order valence-corrected chi connectivity index (χ4v) is 12.3. The van der Waals surface area contributed by atoms with Gasteiger partial charge >= 0.3 is 249 Å². The summed E-state index contributed by atoms with van der Waals surface area (Å²) in [6.45, 7) is 0. The Morgan fingerprint density at radius 2 is 0.805 bits per heavy atom. The van der Waals surface area contributed by atoms with Crippen LogP contribution in [0.25, 0.3) is 11.1 Å². The Kier molecular flexibility index (Phi) is 8.97. The van der Waals surface area contributed by atoms with Gasteiger partial charge in [-0.05, 0) is 0 Å². The molecule has 0 bridgehead atoms. The Labute approximate surface area is 248 Å². The zero-order valence-corrected chi connectivity index (χ0v) is 25.5. The van der Waals surface area contributed by atoms with Gasteiger partial charge in [0.15, 0.2) is 0 Å². The summed E-state index contributed by atoms with van der Waals surface area (Å²) in [4.78, 5) is 41.9. The predicted octanol–water partition coefficient (Wildman–Crippen LogP) is 8.03. The molecule has 6 nitrogen and oxygen atoms in total. The summed E-state index contributed by atoms with van der Waals surface area (Å²) in [6.07, 6.45) is 13.7. The van der Waals surface area contributed by atoms with Crippen molar-refractivity contribution in [3.8, 4) is 11.1 Å². The van der Waals surface area contributed by atoms with E-state index in [1.54, 1.807) is 0 Å². The zero-order valence-electron chi connectivity index (χ0n) is 24.0. The molecule has 41 heavy (non-hydrogen) atoms. The molecule has 0 N–H and O–H groups in total. The molecule has 218 valence electrons. The van der Waals surface area contributed by atoms with Crippen LogP contribution < -0.4 is 0 Å². The Bertz CT molecular complexity index is 1130. The molecule has 0 radical (unpaired) electrons. The van der Waals surface area contributed by atoms with E-state index < -0.39 is 22.0 Å². The minimum absolute atomic E-state index is 0.262. The maximum atomic E-state index is 14.0. The molecule has 7 heteroatoms. The van der Waals surface area contributed by atoms with Gasteiger partial charge in [-0.1, -0.05) is 0 Å². The molecule has 3 fully saturated rings. The van der Waals surface area contributed by atoms with Crippen LogP contribution >= 0.6 is 0 Å². The molecule has 0 saturated heterocycles. The molecule has 0 unspecified atom stereocenters. The number of fused-ring (bicyclic) bond motifs is 3. The third-order valence-corrected chi connectivity index (χ3v) is 14.1. The fourth-order valence-electron chi connectivity index (χ4n) is 7.46. The summed E-state index contributed by atoms with van der Waals surface area (Å²) < 4.78 is 19.1. The Morgan fingerprint density at radius 1 is 0.488 bits per heavy atom. The summed E-state index contributed by atoms with van der Waals surface area (Å²) in [5.41, 5.74) is 3.86. The number of benzene rings is 2. The van der Waals surface area contributed by atoms with Gasteiger partial charge in [-0.3, -0.25) is 0 Å². The summed E-state index contributed by atoms with van der Waals surface area (Å²) >= 11 is -5.11. The molecular formula is C34H42O6Ti. The Morgan fingerprint density at radius 3 is 1.15 bits per heavy atom. The van der Waals surface area contributed by atoms with Gasteiger partial charge in [0.1, 0.15) is 0 Å². The zero-order chi connectivity index (χ0) is 28.2. The van der Waals surface area contributed by atoms with Crippen molar-refractivity contribution >= 4 is 17.9 Å². The van der Waals surface area contributed by atoms with Crippen LogP contribution in [0.4, 0.5) is 0 Å². The van der Waals surface area contributed by atoms with E-state index in [9.17, 15) is 14.4 Å². The number of rotatable bonds is 7. The first kappa shape index (κ1) is 28.7. The van der Waals surface area contributed by atoms with Crippen molar-refractivity contribution < 1.29 is 42.1 Å². The molecule has 0 amide bonds. The second kappa shape index (κ2) is 12.8. The fraction of sp³-hybridized carbons (Fsp3) is 0.559. The van der Waals surface area contributed by atoms with Crippen molar-refractivity contribution in [3.63, 3.8) is 0 Å². The minimum atomic E-state index is -5.11. The second-order valence-electron chi connectivity index (χ2n) is 12.5. The van der Waals surface area contributed by atoms with E-state index in [1.165, 1.54) is 0 Å². The van der Waals surface area contributed by atoms with E-state index in [-0.39, 0.29) is 35.7 Å². The molecule has 3 saturated carbocycles. The van der Waals surface area contributed by atoms with Crippen LogP contribution in [0.1, 0.15) is 112 Å². The van der Waals surface area contributed by atoms with E-state index in [4.69, 9.17) is 9.96 Å². The van der Waals surface area contributed by atoms with Crippen LogP contribution in [0.15, 0.2) is 48.5 Å². The SMILES string of the molecule is O=C([O][Ti]([O]C(=O)C1CCCCC1)([O]C(=O)C1CCCCC1)[CH]1c2ccccc2-c2ccccc21)C1CCCCC1. The van der Waals surface area contributed by atoms with E-state index in [0.29, 0.717) is 0 Å². The standard InChI is InChI=1S/C13H9.3C7H12O2.Ti/c1-3-7-12-10(5-1)9-11-6-2-4-8-13(11)12;3*8-7(9)6-4-2-1-3-5-6;/h1-9H;3*6H,1-5H2,(H,8,9);/q;;;;+3/p-3. The van der Waals surface area contributed by atoms with Gasteiger partial charge in [0, 0.05) is 0 Å². The van der Waals surface area contributed by atoms with Gasteiger partial charge < -0.3 is 0 Å². The third-order valence-electron chi connectivity index (χ3n) is 9.73. The quantitative estimate of drug-likeness (QED) is 0.302. The summed E-state index contributed by atoms with van der Waals surface area (Å²) in [6, 6.07) is 16.0. The van der Waals surface area contributed by atoms with Gasteiger partial charge in [0.2, 0.25) is 0 Å². The van der Waals surface area contributed by atoms with Crippen LogP contribution in [0.5, 0.6) is 0 Å². The summed E-state index contributed by atoms with van der Waals surface area (Å²) in [5.74, 6) is -1.87. The molecule has 0 aliphatic heterocycles. The number of hydrogen-bond acceptors (Lipinski definition) is 6. The molecule has 0 heterocycles. The van der Waals surface area contributed by atoms with E-state index in [1.807, 2.05) is 36.4 Å². The maximum absolute atomic E-state index is 14.0. The monoisotopic (exact) mass is 594 g/mol. The van der Waals surface area contributed by atoms with Gasteiger partial charge in [0.25, 0.3) is 0 Å². The summed E-state index contributed by atoms with van der Waals surface area (Å²) in [7, 11) is 0. The summed E-state index contributed by atoms with van der Waals surface area (Å²) in [5, 5.41) is 0. The number of carbonyl (C=O) groups is 3. The van der Waals surface area contributed by atoms with Crippen LogP contribution in [-0.2, 0) is 42.1 Å². The van der Waals surface area contributed by atoms with Crippen LogP contribution in [0, 0.1) is 17.8 Å². The van der Waals surface area contributed by atoms with Gasteiger partial charge in [0.05, 0.1) is 0 Å². The number of carbonyl (C=O) groups excluding carboxylic acids is 3. The molecule has 0 spiro atoms. The Hall–Kier alpha value is -2.44. The van der Waals surface area contributed by atoms with Gasteiger partial charge in [-0.25, -0.2) is 0 Å². The predicted molar refractivity (Wildman–Crippen MR) is 152 cm³/mol. The number of hydrogen-bond donors (Lipinski definition) is 0. The average molecular weight is 595 g/mol. The van der Waals surface area contributed by atoms with Crippen LogP contribution in [0.3, 0.4) is 0 Å². The van der Waals surface area contributed by atoms with Crippen LogP contribution in [-0.4, -0.2) is 17.9 Å². The van der Waals surface area contributed by atoms with Crippen molar-refractivity contribution in [3.05, 3.63) is 59.7 Å². The van der Waals surface area contributed by atoms with Crippen molar-refractivity contribution in [1.82, 2.24) is 0 Å². The van der Waals surface area contributed by atoms with Crippen molar-refractivity contribution in [2.45, 2.75) is 101 Å². The van der Waals surface area contributed by atoms with Crippen LogP contribution in [0.2, 0.25) is 0 Å². The van der Waals surface area contributed by atoms with E-state index in [0.717, 1.165) is 119 Å². The first-order chi connectivity index (χ1) is 20.1. The molecule has 4 aliphatic carbocycles. The normalized spacial score (nSPS) is 20.6. The van der Waals surface area contributed by atoms with Gasteiger partial charge in [-0.15, -0.1) is 0 Å². The molecular weight excluding hydrogens is 552 g/mol. The average Bonchev–Trinajstić information content (AvgIpc) is 3.37. The topological polar surface area (TPSA) is 78.9 Å². The van der Waals surface area contributed by atoms with Gasteiger partial charge in [-0.2, -0.15) is 0 Å². The third kappa shape index (κ3) is 6.06.